The Morgan fingerprint density at radius 1 is 1.14 bits per heavy atom. The van der Waals surface area contributed by atoms with Crippen LogP contribution in [0.15, 0.2) is 46.1 Å². The SMILES string of the molecule is CCSc1cc2c(n(Cc3ccccc3)c1=O)CCCC2. The number of pyridine rings is 1. The van der Waals surface area contributed by atoms with Crippen LogP contribution in [0.5, 0.6) is 0 Å². The summed E-state index contributed by atoms with van der Waals surface area (Å²) in [6.07, 6.45) is 4.59. The zero-order chi connectivity index (χ0) is 14.7. The molecule has 1 aliphatic carbocycles. The van der Waals surface area contributed by atoms with Gasteiger partial charge in [-0.25, -0.2) is 0 Å². The van der Waals surface area contributed by atoms with Gasteiger partial charge in [0.2, 0.25) is 0 Å². The summed E-state index contributed by atoms with van der Waals surface area (Å²) in [6, 6.07) is 12.4. The average molecular weight is 299 g/mol. The number of aryl methyl sites for hydroxylation is 1. The van der Waals surface area contributed by atoms with Crippen LogP contribution in [0, 0.1) is 0 Å². The predicted molar refractivity (Wildman–Crippen MR) is 89.3 cm³/mol. The summed E-state index contributed by atoms with van der Waals surface area (Å²) in [5.74, 6) is 0.944. The van der Waals surface area contributed by atoms with Gasteiger partial charge in [-0.05, 0) is 48.6 Å². The zero-order valence-corrected chi connectivity index (χ0v) is 13.3. The summed E-state index contributed by atoms with van der Waals surface area (Å²) in [5, 5.41) is 0. The van der Waals surface area contributed by atoms with Gasteiger partial charge in [-0.1, -0.05) is 37.3 Å². The largest absolute Gasteiger partial charge is 0.307 e. The minimum absolute atomic E-state index is 0.186. The first-order valence-corrected chi connectivity index (χ1v) is 8.70. The van der Waals surface area contributed by atoms with Crippen LogP contribution in [0.1, 0.15) is 36.6 Å². The monoisotopic (exact) mass is 299 g/mol. The van der Waals surface area contributed by atoms with E-state index in [4.69, 9.17) is 0 Å². The minimum atomic E-state index is 0.186. The molecule has 110 valence electrons. The Balaban J connectivity index is 2.08. The van der Waals surface area contributed by atoms with Crippen molar-refractivity contribution in [2.24, 2.45) is 0 Å². The van der Waals surface area contributed by atoms with Crippen LogP contribution in [0.25, 0.3) is 0 Å². The van der Waals surface area contributed by atoms with Gasteiger partial charge >= 0.3 is 0 Å². The third-order valence-corrected chi connectivity index (χ3v) is 4.94. The van der Waals surface area contributed by atoms with E-state index >= 15 is 0 Å². The van der Waals surface area contributed by atoms with Gasteiger partial charge in [-0.15, -0.1) is 11.8 Å². The van der Waals surface area contributed by atoms with Gasteiger partial charge in [0.15, 0.2) is 0 Å². The molecule has 1 aliphatic rings. The number of benzene rings is 1. The van der Waals surface area contributed by atoms with E-state index in [0.29, 0.717) is 6.54 Å². The molecule has 0 amide bonds. The highest BCUT2D eigenvalue weighted by Crippen LogP contribution is 2.24. The molecular weight excluding hydrogens is 278 g/mol. The van der Waals surface area contributed by atoms with Crippen LogP contribution in [0.4, 0.5) is 0 Å². The van der Waals surface area contributed by atoms with Crippen molar-refractivity contribution in [1.82, 2.24) is 4.57 Å². The molecule has 1 aromatic carbocycles. The van der Waals surface area contributed by atoms with Crippen molar-refractivity contribution in [3.05, 3.63) is 63.6 Å². The molecule has 0 radical (unpaired) electrons. The lowest BCUT2D eigenvalue weighted by molar-refractivity contribution is 0.593. The van der Waals surface area contributed by atoms with Gasteiger partial charge in [0, 0.05) is 5.69 Å². The van der Waals surface area contributed by atoms with Crippen molar-refractivity contribution >= 4 is 11.8 Å². The number of fused-ring (bicyclic) bond motifs is 1. The molecule has 2 nitrogen and oxygen atoms in total. The lowest BCUT2D eigenvalue weighted by Gasteiger charge is -2.22. The lowest BCUT2D eigenvalue weighted by Crippen LogP contribution is -2.28. The average Bonchev–Trinajstić information content (AvgIpc) is 2.52. The molecule has 2 aromatic rings. The van der Waals surface area contributed by atoms with Crippen LogP contribution in [-0.4, -0.2) is 10.3 Å². The van der Waals surface area contributed by atoms with Crippen molar-refractivity contribution < 1.29 is 0 Å². The Labute approximate surface area is 130 Å². The van der Waals surface area contributed by atoms with E-state index in [1.807, 2.05) is 22.8 Å². The fourth-order valence-electron chi connectivity index (χ4n) is 3.04. The summed E-state index contributed by atoms with van der Waals surface area (Å²) < 4.78 is 2.02. The van der Waals surface area contributed by atoms with E-state index in [-0.39, 0.29) is 5.56 Å². The van der Waals surface area contributed by atoms with Crippen molar-refractivity contribution in [3.8, 4) is 0 Å². The van der Waals surface area contributed by atoms with Crippen LogP contribution < -0.4 is 5.56 Å². The summed E-state index contributed by atoms with van der Waals surface area (Å²) in [6.45, 7) is 2.80. The molecule has 21 heavy (non-hydrogen) atoms. The second kappa shape index (κ2) is 6.52. The highest BCUT2D eigenvalue weighted by Gasteiger charge is 2.17. The standard InChI is InChI=1S/C18H21NOS/c1-2-21-17-12-15-10-6-7-11-16(15)19(18(17)20)13-14-8-4-3-5-9-14/h3-5,8-9,12H,2,6-7,10-11,13H2,1H3. The third kappa shape index (κ3) is 3.08. The van der Waals surface area contributed by atoms with Crippen LogP contribution in [0.3, 0.4) is 0 Å². The molecule has 0 saturated carbocycles. The lowest BCUT2D eigenvalue weighted by atomic mass is 9.95. The maximum absolute atomic E-state index is 12.8. The fraction of sp³-hybridized carbons (Fsp3) is 0.389. The summed E-state index contributed by atoms with van der Waals surface area (Å²) in [4.78, 5) is 13.7. The summed E-state index contributed by atoms with van der Waals surface area (Å²) in [7, 11) is 0. The fourth-order valence-corrected chi connectivity index (χ4v) is 3.81. The molecule has 1 heterocycles. The molecular formula is C18H21NOS. The number of thioether (sulfide) groups is 1. The predicted octanol–water partition coefficient (Wildman–Crippen LogP) is 3.89. The highest BCUT2D eigenvalue weighted by molar-refractivity contribution is 7.99. The van der Waals surface area contributed by atoms with E-state index in [9.17, 15) is 4.79 Å². The Bertz CT molecular complexity index is 676. The summed E-state index contributed by atoms with van der Waals surface area (Å²) >= 11 is 1.67. The van der Waals surface area contributed by atoms with E-state index in [1.165, 1.54) is 29.7 Å². The van der Waals surface area contributed by atoms with Gasteiger partial charge < -0.3 is 4.57 Å². The van der Waals surface area contributed by atoms with Crippen LogP contribution in [-0.2, 0) is 19.4 Å². The normalized spacial score (nSPS) is 14.0. The number of aromatic nitrogens is 1. The zero-order valence-electron chi connectivity index (χ0n) is 12.5. The van der Waals surface area contributed by atoms with E-state index < -0.39 is 0 Å². The number of hydrogen-bond donors (Lipinski definition) is 0. The molecule has 0 aliphatic heterocycles. The van der Waals surface area contributed by atoms with E-state index in [2.05, 4.69) is 25.1 Å². The number of rotatable bonds is 4. The second-order valence-electron chi connectivity index (χ2n) is 5.50. The Hall–Kier alpha value is -1.48. The molecule has 3 rings (SSSR count). The number of nitrogens with zero attached hydrogens (tertiary/aromatic N) is 1. The maximum Gasteiger partial charge on any atom is 0.264 e. The third-order valence-electron chi connectivity index (χ3n) is 4.05. The van der Waals surface area contributed by atoms with Gasteiger partial charge in [-0.3, -0.25) is 4.79 Å². The van der Waals surface area contributed by atoms with Gasteiger partial charge in [0.1, 0.15) is 0 Å². The first kappa shape index (κ1) is 14.5. The second-order valence-corrected chi connectivity index (χ2v) is 6.80. The van der Waals surface area contributed by atoms with Gasteiger partial charge in [0.25, 0.3) is 5.56 Å². The Kier molecular flexibility index (Phi) is 4.49. The molecule has 3 heteroatoms. The first-order chi connectivity index (χ1) is 10.3. The molecule has 0 spiro atoms. The van der Waals surface area contributed by atoms with Crippen molar-refractivity contribution in [3.63, 3.8) is 0 Å². The first-order valence-electron chi connectivity index (χ1n) is 7.72. The molecule has 0 bridgehead atoms. The molecule has 0 saturated heterocycles. The molecule has 1 aromatic heterocycles. The van der Waals surface area contributed by atoms with Crippen LogP contribution in [0.2, 0.25) is 0 Å². The molecule has 0 N–H and O–H groups in total. The Morgan fingerprint density at radius 3 is 2.67 bits per heavy atom. The smallest absolute Gasteiger partial charge is 0.264 e. The van der Waals surface area contributed by atoms with Crippen LogP contribution >= 0.6 is 11.8 Å². The minimum Gasteiger partial charge on any atom is -0.307 e. The van der Waals surface area contributed by atoms with Gasteiger partial charge in [0.05, 0.1) is 11.4 Å². The quantitative estimate of drug-likeness (QED) is 0.799. The van der Waals surface area contributed by atoms with E-state index in [0.717, 1.165) is 23.5 Å². The van der Waals surface area contributed by atoms with Crippen molar-refractivity contribution in [2.45, 2.75) is 44.0 Å². The van der Waals surface area contributed by atoms with Gasteiger partial charge in [-0.2, -0.15) is 0 Å². The summed E-state index contributed by atoms with van der Waals surface area (Å²) in [5.41, 5.74) is 4.03. The van der Waals surface area contributed by atoms with Crippen molar-refractivity contribution in [1.29, 1.82) is 0 Å². The van der Waals surface area contributed by atoms with E-state index in [1.54, 1.807) is 11.8 Å². The molecule has 0 unspecified atom stereocenters. The molecule has 0 fully saturated rings. The van der Waals surface area contributed by atoms with Crippen molar-refractivity contribution in [2.75, 3.05) is 5.75 Å². The molecule has 0 atom stereocenters. The maximum atomic E-state index is 12.8. The highest BCUT2D eigenvalue weighted by atomic mass is 32.2. The topological polar surface area (TPSA) is 22.0 Å². The Morgan fingerprint density at radius 2 is 1.90 bits per heavy atom. The number of hydrogen-bond acceptors (Lipinski definition) is 2.